The summed E-state index contributed by atoms with van der Waals surface area (Å²) < 4.78 is 5.48. The molecule has 0 radical (unpaired) electrons. The van der Waals surface area contributed by atoms with Gasteiger partial charge in [-0.2, -0.15) is 0 Å². The van der Waals surface area contributed by atoms with E-state index in [2.05, 4.69) is 43.5 Å². The molecule has 0 spiro atoms. The molecule has 0 saturated carbocycles. The van der Waals surface area contributed by atoms with Gasteiger partial charge in [0.1, 0.15) is 0 Å². The molecule has 0 aliphatic carbocycles. The normalized spacial score (nSPS) is 12.7. The van der Waals surface area contributed by atoms with E-state index in [9.17, 15) is 19.8 Å². The molecular weight excluding hydrogens is 887 g/mol. The van der Waals surface area contributed by atoms with Crippen molar-refractivity contribution in [2.45, 2.75) is 373 Å². The smallest absolute Gasteiger partial charge is 0.305 e. The van der Waals surface area contributed by atoms with E-state index < -0.39 is 12.1 Å². The van der Waals surface area contributed by atoms with Crippen molar-refractivity contribution >= 4 is 11.9 Å². The van der Waals surface area contributed by atoms with E-state index in [0.29, 0.717) is 25.9 Å². The molecule has 0 aromatic carbocycles. The van der Waals surface area contributed by atoms with E-state index in [1.54, 1.807) is 0 Å². The number of carbonyl (C=O) groups excluding carboxylic acids is 2. The quantitative estimate of drug-likeness (QED) is 0.0320. The molecule has 72 heavy (non-hydrogen) atoms. The Morgan fingerprint density at radius 1 is 0.389 bits per heavy atom. The van der Waals surface area contributed by atoms with E-state index >= 15 is 0 Å². The van der Waals surface area contributed by atoms with Gasteiger partial charge in [-0.05, 0) is 57.8 Å². The van der Waals surface area contributed by atoms with Crippen LogP contribution in [0.3, 0.4) is 0 Å². The molecule has 426 valence electrons. The molecule has 6 nitrogen and oxygen atoms in total. The lowest BCUT2D eigenvalue weighted by Gasteiger charge is -2.22. The van der Waals surface area contributed by atoms with Gasteiger partial charge in [-0.3, -0.25) is 9.59 Å². The zero-order chi connectivity index (χ0) is 52.2. The molecule has 0 bridgehead atoms. The Kier molecular flexibility index (Phi) is 60.5. The van der Waals surface area contributed by atoms with Crippen LogP contribution in [0.4, 0.5) is 0 Å². The van der Waals surface area contributed by atoms with Gasteiger partial charge in [0.2, 0.25) is 5.91 Å². The topological polar surface area (TPSA) is 95.9 Å². The Balaban J connectivity index is 3.36. The van der Waals surface area contributed by atoms with Crippen molar-refractivity contribution < 1.29 is 24.5 Å². The Bertz CT molecular complexity index is 1120. The van der Waals surface area contributed by atoms with Crippen molar-refractivity contribution in [1.82, 2.24) is 5.32 Å². The molecule has 1 amide bonds. The third kappa shape index (κ3) is 57.6. The van der Waals surface area contributed by atoms with E-state index in [-0.39, 0.29) is 18.5 Å². The lowest BCUT2D eigenvalue weighted by Crippen LogP contribution is -2.45. The minimum Gasteiger partial charge on any atom is -0.466 e. The molecule has 2 unspecified atom stereocenters. The summed E-state index contributed by atoms with van der Waals surface area (Å²) in [5.74, 6) is -0.0281. The average molecular weight is 1010 g/mol. The summed E-state index contributed by atoms with van der Waals surface area (Å²) in [6.07, 6.45) is 76.3. The zero-order valence-electron chi connectivity index (χ0n) is 48.7. The lowest BCUT2D eigenvalue weighted by molar-refractivity contribution is -0.143. The third-order valence-corrected chi connectivity index (χ3v) is 15.3. The lowest BCUT2D eigenvalue weighted by atomic mass is 10.0. The molecule has 0 heterocycles. The van der Waals surface area contributed by atoms with Gasteiger partial charge in [0.15, 0.2) is 0 Å². The van der Waals surface area contributed by atoms with Crippen LogP contribution in [0.1, 0.15) is 361 Å². The molecule has 2 atom stereocenters. The molecule has 0 aliphatic rings. The first-order valence-corrected chi connectivity index (χ1v) is 32.6. The molecule has 6 heteroatoms. The van der Waals surface area contributed by atoms with Gasteiger partial charge in [-0.15, -0.1) is 0 Å². The number of carbonyl (C=O) groups is 2. The number of aliphatic hydroxyl groups is 2. The maximum absolute atomic E-state index is 12.5. The van der Waals surface area contributed by atoms with E-state index in [1.807, 2.05) is 0 Å². The number of aliphatic hydroxyl groups excluding tert-OH is 2. The van der Waals surface area contributed by atoms with Gasteiger partial charge >= 0.3 is 5.97 Å². The SMILES string of the molecule is CCCCC/C=C\C/C=C\CCCCCCCC(=O)OCCCCCCCCCCCCCCCCCCCCCCCCCCCC(=O)NC(CO)C(O)CCCCCCCCCCCCCCCCC. The summed E-state index contributed by atoms with van der Waals surface area (Å²) in [6, 6.07) is -0.540. The van der Waals surface area contributed by atoms with Gasteiger partial charge in [0, 0.05) is 12.8 Å². The van der Waals surface area contributed by atoms with Gasteiger partial charge in [0.25, 0.3) is 0 Å². The number of nitrogens with one attached hydrogen (secondary N) is 1. The Morgan fingerprint density at radius 2 is 0.694 bits per heavy atom. The summed E-state index contributed by atoms with van der Waals surface area (Å²) in [4.78, 5) is 24.6. The van der Waals surface area contributed by atoms with Gasteiger partial charge in [-0.25, -0.2) is 0 Å². The van der Waals surface area contributed by atoms with E-state index in [0.717, 1.165) is 51.4 Å². The Morgan fingerprint density at radius 3 is 1.08 bits per heavy atom. The number of amides is 1. The first-order chi connectivity index (χ1) is 35.5. The fourth-order valence-corrected chi connectivity index (χ4v) is 10.3. The molecule has 0 aromatic rings. The fourth-order valence-electron chi connectivity index (χ4n) is 10.3. The molecule has 0 fully saturated rings. The van der Waals surface area contributed by atoms with Crippen molar-refractivity contribution in [3.63, 3.8) is 0 Å². The van der Waals surface area contributed by atoms with Crippen LogP contribution in [0.25, 0.3) is 0 Å². The van der Waals surface area contributed by atoms with Gasteiger partial charge < -0.3 is 20.3 Å². The molecular formula is C66H127NO5. The van der Waals surface area contributed by atoms with Gasteiger partial charge in [0.05, 0.1) is 25.4 Å². The second-order valence-electron chi connectivity index (χ2n) is 22.5. The standard InChI is InChI=1S/C66H127NO5/c1-3-5-7-9-11-13-15-17-30-34-38-42-46-50-54-58-64(69)63(62-68)67-65(70)59-55-51-47-43-39-35-32-28-26-24-22-20-19-21-23-25-27-29-33-37-41-45-49-53-57-61-72-66(71)60-56-52-48-44-40-36-31-18-16-14-12-10-8-6-4-2/h12,14,18,31,63-64,68-69H,3-11,13,15-17,19-30,32-62H2,1-2H3,(H,67,70)/b14-12-,31-18-. The number of ether oxygens (including phenoxy) is 1. The van der Waals surface area contributed by atoms with Crippen LogP contribution >= 0.6 is 0 Å². The molecule has 0 aromatic heterocycles. The highest BCUT2D eigenvalue weighted by molar-refractivity contribution is 5.76. The molecule has 3 N–H and O–H groups in total. The summed E-state index contributed by atoms with van der Waals surface area (Å²) in [5.41, 5.74) is 0. The van der Waals surface area contributed by atoms with Crippen LogP contribution < -0.4 is 5.32 Å². The largest absolute Gasteiger partial charge is 0.466 e. The van der Waals surface area contributed by atoms with Crippen molar-refractivity contribution in [2.24, 2.45) is 0 Å². The predicted molar refractivity (Wildman–Crippen MR) is 315 cm³/mol. The van der Waals surface area contributed by atoms with Crippen LogP contribution in [-0.2, 0) is 14.3 Å². The highest BCUT2D eigenvalue weighted by atomic mass is 16.5. The van der Waals surface area contributed by atoms with Crippen molar-refractivity contribution in [2.75, 3.05) is 13.2 Å². The molecule has 0 rings (SSSR count). The Hall–Kier alpha value is -1.66. The third-order valence-electron chi connectivity index (χ3n) is 15.3. The average Bonchev–Trinajstić information content (AvgIpc) is 3.38. The van der Waals surface area contributed by atoms with Crippen molar-refractivity contribution in [3.05, 3.63) is 24.3 Å². The first-order valence-electron chi connectivity index (χ1n) is 32.6. The monoisotopic (exact) mass is 1010 g/mol. The highest BCUT2D eigenvalue weighted by Gasteiger charge is 2.20. The maximum atomic E-state index is 12.5. The fraction of sp³-hybridized carbons (Fsp3) is 0.909. The molecule has 0 saturated heterocycles. The maximum Gasteiger partial charge on any atom is 0.305 e. The highest BCUT2D eigenvalue weighted by Crippen LogP contribution is 2.18. The van der Waals surface area contributed by atoms with E-state index in [1.165, 1.54) is 276 Å². The van der Waals surface area contributed by atoms with Crippen LogP contribution in [-0.4, -0.2) is 47.4 Å². The van der Waals surface area contributed by atoms with Crippen molar-refractivity contribution in [1.29, 1.82) is 0 Å². The van der Waals surface area contributed by atoms with Crippen LogP contribution in [0.15, 0.2) is 24.3 Å². The predicted octanol–water partition coefficient (Wildman–Crippen LogP) is 20.6. The summed E-state index contributed by atoms with van der Waals surface area (Å²) in [5, 5.41) is 23.3. The number of unbranched alkanes of at least 4 members (excludes halogenated alkanes) is 46. The summed E-state index contributed by atoms with van der Waals surface area (Å²) >= 11 is 0. The minimum atomic E-state index is -0.663. The summed E-state index contributed by atoms with van der Waals surface area (Å²) in [7, 11) is 0. The second-order valence-corrected chi connectivity index (χ2v) is 22.5. The van der Waals surface area contributed by atoms with Crippen LogP contribution in [0, 0.1) is 0 Å². The summed E-state index contributed by atoms with van der Waals surface area (Å²) in [6.45, 7) is 4.95. The van der Waals surface area contributed by atoms with E-state index in [4.69, 9.17) is 4.74 Å². The van der Waals surface area contributed by atoms with Crippen LogP contribution in [0.5, 0.6) is 0 Å². The first kappa shape index (κ1) is 70.3. The molecule has 0 aliphatic heterocycles. The number of esters is 1. The Labute approximate surface area is 450 Å². The minimum absolute atomic E-state index is 0.00285. The second kappa shape index (κ2) is 61.9. The zero-order valence-corrected chi connectivity index (χ0v) is 48.7. The number of rotatable bonds is 61. The number of hydrogen-bond acceptors (Lipinski definition) is 5. The number of hydrogen-bond donors (Lipinski definition) is 3. The van der Waals surface area contributed by atoms with Crippen molar-refractivity contribution in [3.8, 4) is 0 Å². The number of allylic oxidation sites excluding steroid dienone is 4. The van der Waals surface area contributed by atoms with Crippen LogP contribution in [0.2, 0.25) is 0 Å². The van der Waals surface area contributed by atoms with Gasteiger partial charge in [-0.1, -0.05) is 314 Å².